The Morgan fingerprint density at radius 2 is 1.96 bits per heavy atom. The molecule has 0 spiro atoms. The highest BCUT2D eigenvalue weighted by molar-refractivity contribution is 5.96. The number of anilines is 1. The van der Waals surface area contributed by atoms with E-state index in [2.05, 4.69) is 20.5 Å². The molecule has 7 nitrogen and oxygen atoms in total. The fourth-order valence-electron chi connectivity index (χ4n) is 2.59. The van der Waals surface area contributed by atoms with Gasteiger partial charge in [-0.1, -0.05) is 0 Å². The average molecular weight is 320 g/mol. The molecule has 1 fully saturated rings. The van der Waals surface area contributed by atoms with Crippen LogP contribution >= 0.6 is 0 Å². The van der Waals surface area contributed by atoms with E-state index in [1.54, 1.807) is 6.07 Å². The van der Waals surface area contributed by atoms with Crippen LogP contribution in [0.2, 0.25) is 0 Å². The summed E-state index contributed by atoms with van der Waals surface area (Å²) in [6.07, 6.45) is 1.84. The first-order chi connectivity index (χ1) is 11.0. The number of carbonyl (C=O) groups excluding carboxylic acids is 2. The monoisotopic (exact) mass is 320 g/mol. The molecule has 0 bridgehead atoms. The highest BCUT2D eigenvalue weighted by Crippen LogP contribution is 2.18. The molecule has 1 saturated heterocycles. The smallest absolute Gasteiger partial charge is 0.253 e. The summed E-state index contributed by atoms with van der Waals surface area (Å²) in [5.74, 6) is 0.313. The number of hydrogen-bond donors (Lipinski definition) is 2. The molecule has 0 aliphatic carbocycles. The minimum absolute atomic E-state index is 0.0348. The van der Waals surface area contributed by atoms with Crippen molar-refractivity contribution < 1.29 is 14.3 Å². The molecule has 2 heterocycles. The van der Waals surface area contributed by atoms with Gasteiger partial charge < -0.3 is 20.3 Å². The maximum atomic E-state index is 12.0. The van der Waals surface area contributed by atoms with Gasteiger partial charge in [0.15, 0.2) is 0 Å². The Morgan fingerprint density at radius 1 is 1.26 bits per heavy atom. The van der Waals surface area contributed by atoms with Gasteiger partial charge in [0, 0.05) is 25.8 Å². The van der Waals surface area contributed by atoms with Crippen LogP contribution < -0.4 is 15.5 Å². The Hall–Kier alpha value is -2.15. The lowest BCUT2D eigenvalue weighted by Crippen LogP contribution is -2.45. The zero-order valence-electron chi connectivity index (χ0n) is 13.8. The Labute approximate surface area is 136 Å². The number of ether oxygens (including phenoxy) is 1. The van der Waals surface area contributed by atoms with Crippen LogP contribution in [0.1, 0.15) is 31.1 Å². The van der Waals surface area contributed by atoms with E-state index in [4.69, 9.17) is 4.74 Å². The van der Waals surface area contributed by atoms with Crippen molar-refractivity contribution in [3.8, 4) is 0 Å². The summed E-state index contributed by atoms with van der Waals surface area (Å²) in [6.45, 7) is 7.96. The van der Waals surface area contributed by atoms with Gasteiger partial charge in [-0.15, -0.1) is 0 Å². The van der Waals surface area contributed by atoms with Crippen LogP contribution in [-0.4, -0.2) is 55.2 Å². The molecule has 126 valence electrons. The third-order valence-electron chi connectivity index (χ3n) is 3.54. The molecule has 2 rings (SSSR count). The van der Waals surface area contributed by atoms with Crippen LogP contribution in [0, 0.1) is 0 Å². The number of rotatable bonds is 5. The van der Waals surface area contributed by atoms with Crippen molar-refractivity contribution in [3.63, 3.8) is 0 Å². The Kier molecular flexibility index (Phi) is 5.92. The lowest BCUT2D eigenvalue weighted by atomic mass is 10.2. The SMILES string of the molecule is CCNC(=O)CNC(=O)c1ccc(N2C[C@@H](C)O[C@H](C)C2)nc1. The number of carbonyl (C=O) groups is 2. The van der Waals surface area contributed by atoms with Gasteiger partial charge in [0.2, 0.25) is 5.91 Å². The first-order valence-corrected chi connectivity index (χ1v) is 7.91. The van der Waals surface area contributed by atoms with Gasteiger partial charge in [-0.05, 0) is 32.9 Å². The minimum atomic E-state index is -0.306. The number of nitrogens with one attached hydrogen (secondary N) is 2. The second-order valence-electron chi connectivity index (χ2n) is 5.70. The molecule has 0 saturated carbocycles. The topological polar surface area (TPSA) is 83.6 Å². The molecular formula is C16H24N4O3. The highest BCUT2D eigenvalue weighted by atomic mass is 16.5. The summed E-state index contributed by atoms with van der Waals surface area (Å²) in [4.78, 5) is 29.8. The van der Waals surface area contributed by atoms with Crippen molar-refractivity contribution >= 4 is 17.6 Å². The van der Waals surface area contributed by atoms with Crippen molar-refractivity contribution in [1.82, 2.24) is 15.6 Å². The Balaban J connectivity index is 1.93. The van der Waals surface area contributed by atoms with Crippen LogP contribution in [0.15, 0.2) is 18.3 Å². The molecule has 23 heavy (non-hydrogen) atoms. The highest BCUT2D eigenvalue weighted by Gasteiger charge is 2.23. The second-order valence-corrected chi connectivity index (χ2v) is 5.70. The number of likely N-dealkylation sites (N-methyl/N-ethyl adjacent to an activating group) is 1. The lowest BCUT2D eigenvalue weighted by Gasteiger charge is -2.36. The third-order valence-corrected chi connectivity index (χ3v) is 3.54. The third kappa shape index (κ3) is 4.92. The largest absolute Gasteiger partial charge is 0.372 e. The van der Waals surface area contributed by atoms with Gasteiger partial charge >= 0.3 is 0 Å². The summed E-state index contributed by atoms with van der Waals surface area (Å²) in [6, 6.07) is 3.55. The minimum Gasteiger partial charge on any atom is -0.372 e. The van der Waals surface area contributed by atoms with Crippen LogP contribution in [0.5, 0.6) is 0 Å². The number of morpholine rings is 1. The van der Waals surface area contributed by atoms with E-state index in [0.29, 0.717) is 12.1 Å². The van der Waals surface area contributed by atoms with Crippen LogP contribution in [0.25, 0.3) is 0 Å². The molecule has 1 aromatic rings. The van der Waals surface area contributed by atoms with Gasteiger partial charge in [-0.2, -0.15) is 0 Å². The maximum Gasteiger partial charge on any atom is 0.253 e. The molecule has 2 amide bonds. The molecule has 2 N–H and O–H groups in total. The van der Waals surface area contributed by atoms with Crippen molar-refractivity contribution in [2.75, 3.05) is 31.1 Å². The van der Waals surface area contributed by atoms with Crippen molar-refractivity contribution in [3.05, 3.63) is 23.9 Å². The summed E-state index contributed by atoms with van der Waals surface area (Å²) in [7, 11) is 0. The van der Waals surface area contributed by atoms with Crippen LogP contribution in [0.4, 0.5) is 5.82 Å². The second kappa shape index (κ2) is 7.92. The molecule has 7 heteroatoms. The molecule has 1 aliphatic rings. The average Bonchev–Trinajstić information content (AvgIpc) is 2.52. The quantitative estimate of drug-likeness (QED) is 0.828. The molecule has 0 radical (unpaired) electrons. The molecule has 0 unspecified atom stereocenters. The molecule has 1 aliphatic heterocycles. The van der Waals surface area contributed by atoms with Gasteiger partial charge in [-0.3, -0.25) is 9.59 Å². The molecular weight excluding hydrogens is 296 g/mol. The lowest BCUT2D eigenvalue weighted by molar-refractivity contribution is -0.120. The fraction of sp³-hybridized carbons (Fsp3) is 0.562. The van der Waals surface area contributed by atoms with E-state index in [9.17, 15) is 9.59 Å². The van der Waals surface area contributed by atoms with E-state index in [1.165, 1.54) is 6.20 Å². The summed E-state index contributed by atoms with van der Waals surface area (Å²) < 4.78 is 5.70. The van der Waals surface area contributed by atoms with E-state index >= 15 is 0 Å². The fourth-order valence-corrected chi connectivity index (χ4v) is 2.59. The maximum absolute atomic E-state index is 12.0. The van der Waals surface area contributed by atoms with Gasteiger partial charge in [0.25, 0.3) is 5.91 Å². The zero-order chi connectivity index (χ0) is 16.8. The molecule has 0 aromatic carbocycles. The first-order valence-electron chi connectivity index (χ1n) is 7.91. The van der Waals surface area contributed by atoms with E-state index in [0.717, 1.165) is 18.9 Å². The molecule has 1 aromatic heterocycles. The predicted molar refractivity (Wildman–Crippen MR) is 87.5 cm³/mol. The number of hydrogen-bond acceptors (Lipinski definition) is 5. The van der Waals surface area contributed by atoms with E-state index in [1.807, 2.05) is 26.8 Å². The van der Waals surface area contributed by atoms with Crippen molar-refractivity contribution in [2.24, 2.45) is 0 Å². The van der Waals surface area contributed by atoms with E-state index in [-0.39, 0.29) is 30.6 Å². The van der Waals surface area contributed by atoms with Gasteiger partial charge in [0.1, 0.15) is 5.82 Å². The predicted octanol–water partition coefficient (Wildman–Crippen LogP) is 0.561. The Bertz CT molecular complexity index is 537. The van der Waals surface area contributed by atoms with Crippen LogP contribution in [-0.2, 0) is 9.53 Å². The summed E-state index contributed by atoms with van der Waals surface area (Å²) in [5.41, 5.74) is 0.437. The standard InChI is InChI=1S/C16H24N4O3/c1-4-17-15(21)8-19-16(22)13-5-6-14(18-7-13)20-9-11(2)23-12(3)10-20/h5-7,11-12H,4,8-10H2,1-3H3,(H,17,21)(H,19,22)/t11-,12-/m1/s1. The normalized spacial score (nSPS) is 20.9. The summed E-state index contributed by atoms with van der Waals surface area (Å²) in [5, 5.41) is 5.20. The van der Waals surface area contributed by atoms with Crippen molar-refractivity contribution in [1.29, 1.82) is 0 Å². The van der Waals surface area contributed by atoms with Crippen molar-refractivity contribution in [2.45, 2.75) is 33.0 Å². The number of aromatic nitrogens is 1. The first kappa shape index (κ1) is 17.2. The van der Waals surface area contributed by atoms with Gasteiger partial charge in [0.05, 0.1) is 24.3 Å². The zero-order valence-corrected chi connectivity index (χ0v) is 13.8. The van der Waals surface area contributed by atoms with Gasteiger partial charge in [-0.25, -0.2) is 4.98 Å². The number of nitrogens with zero attached hydrogens (tertiary/aromatic N) is 2. The molecule has 2 atom stereocenters. The Morgan fingerprint density at radius 3 is 2.52 bits per heavy atom. The number of pyridine rings is 1. The van der Waals surface area contributed by atoms with E-state index < -0.39 is 0 Å². The number of amides is 2. The summed E-state index contributed by atoms with van der Waals surface area (Å²) >= 11 is 0. The van der Waals surface area contributed by atoms with Crippen LogP contribution in [0.3, 0.4) is 0 Å².